The first-order valence-corrected chi connectivity index (χ1v) is 8.39. The molecule has 4 rings (SSSR count). The molecule has 4 aromatic rings. The van der Waals surface area contributed by atoms with Gasteiger partial charge in [-0.25, -0.2) is 0 Å². The molecule has 0 bridgehead atoms. The number of hydrogen-bond donors (Lipinski definition) is 0. The normalized spacial score (nSPS) is 11.5. The van der Waals surface area contributed by atoms with Gasteiger partial charge in [0, 0.05) is 23.5 Å². The summed E-state index contributed by atoms with van der Waals surface area (Å²) < 4.78 is 6.18. The van der Waals surface area contributed by atoms with E-state index in [9.17, 15) is 0 Å². The molecule has 0 saturated heterocycles. The van der Waals surface area contributed by atoms with E-state index in [0.717, 1.165) is 22.2 Å². The van der Waals surface area contributed by atoms with E-state index in [1.54, 1.807) is 0 Å². The predicted molar refractivity (Wildman–Crippen MR) is 102 cm³/mol. The van der Waals surface area contributed by atoms with Crippen LogP contribution in [0.1, 0.15) is 25.3 Å². The topological polar surface area (TPSA) is 16.4 Å². The van der Waals surface area contributed by atoms with Crippen LogP contribution < -0.4 is 4.90 Å². The third-order valence-electron chi connectivity index (χ3n) is 4.66. The minimum Gasteiger partial charge on any atom is -0.454 e. The van der Waals surface area contributed by atoms with E-state index in [-0.39, 0.29) is 0 Å². The van der Waals surface area contributed by atoms with E-state index in [1.165, 1.54) is 16.6 Å². The molecular formula is C22H21NO. The molecule has 0 saturated carbocycles. The zero-order valence-electron chi connectivity index (χ0n) is 14.3. The Morgan fingerprint density at radius 2 is 1.42 bits per heavy atom. The Labute approximate surface area is 142 Å². The van der Waals surface area contributed by atoms with Crippen LogP contribution in [0.2, 0.25) is 0 Å². The summed E-state index contributed by atoms with van der Waals surface area (Å²) in [4.78, 5) is 2.24. The summed E-state index contributed by atoms with van der Waals surface area (Å²) in [7, 11) is 2.11. The molecule has 120 valence electrons. The highest BCUT2D eigenvalue weighted by Gasteiger charge is 2.16. The number of rotatable bonds is 3. The zero-order chi connectivity index (χ0) is 16.7. The lowest BCUT2D eigenvalue weighted by atomic mass is 10.00. The molecule has 1 aromatic heterocycles. The molecule has 0 unspecified atom stereocenters. The van der Waals surface area contributed by atoms with E-state index >= 15 is 0 Å². The van der Waals surface area contributed by atoms with Crippen LogP contribution in [0, 0.1) is 0 Å². The Kier molecular flexibility index (Phi) is 3.53. The van der Waals surface area contributed by atoms with Crippen LogP contribution in [0.4, 0.5) is 11.4 Å². The van der Waals surface area contributed by atoms with Gasteiger partial charge in [-0.3, -0.25) is 0 Å². The Morgan fingerprint density at radius 1 is 0.750 bits per heavy atom. The number of hydrogen-bond acceptors (Lipinski definition) is 2. The molecule has 0 aliphatic carbocycles. The monoisotopic (exact) mass is 315 g/mol. The fourth-order valence-corrected chi connectivity index (χ4v) is 3.41. The molecule has 0 amide bonds. The van der Waals surface area contributed by atoms with Gasteiger partial charge in [0.25, 0.3) is 0 Å². The van der Waals surface area contributed by atoms with Gasteiger partial charge in [0.05, 0.1) is 5.69 Å². The quantitative estimate of drug-likeness (QED) is 0.430. The van der Waals surface area contributed by atoms with Crippen LogP contribution in [0.25, 0.3) is 21.9 Å². The minimum absolute atomic E-state index is 0.471. The Bertz CT molecular complexity index is 1010. The molecule has 0 aliphatic rings. The van der Waals surface area contributed by atoms with Gasteiger partial charge in [-0.05, 0) is 29.7 Å². The summed E-state index contributed by atoms with van der Waals surface area (Å²) in [5.74, 6) is 0.471. The molecule has 0 atom stereocenters. The number of nitrogens with zero attached hydrogens (tertiary/aromatic N) is 1. The average Bonchev–Trinajstić information content (AvgIpc) is 3.00. The van der Waals surface area contributed by atoms with Crippen molar-refractivity contribution in [3.05, 3.63) is 72.3 Å². The summed E-state index contributed by atoms with van der Waals surface area (Å²) in [6.07, 6.45) is 0. The zero-order valence-corrected chi connectivity index (χ0v) is 14.3. The number of anilines is 2. The summed E-state index contributed by atoms with van der Waals surface area (Å²) >= 11 is 0. The van der Waals surface area contributed by atoms with E-state index in [2.05, 4.69) is 80.4 Å². The summed E-state index contributed by atoms with van der Waals surface area (Å²) in [5, 5.41) is 2.33. The molecule has 3 aromatic carbocycles. The molecule has 0 fully saturated rings. The lowest BCUT2D eigenvalue weighted by Gasteiger charge is -2.24. The third kappa shape index (κ3) is 2.26. The van der Waals surface area contributed by atoms with Crippen molar-refractivity contribution < 1.29 is 4.42 Å². The smallest absolute Gasteiger partial charge is 0.159 e. The molecule has 2 nitrogen and oxygen atoms in total. The number of furan rings is 1. The van der Waals surface area contributed by atoms with Crippen molar-refractivity contribution in [2.24, 2.45) is 0 Å². The minimum atomic E-state index is 0.471. The Morgan fingerprint density at radius 3 is 2.25 bits per heavy atom. The van der Waals surface area contributed by atoms with Crippen LogP contribution in [0.3, 0.4) is 0 Å². The molecular weight excluding hydrogens is 294 g/mol. The van der Waals surface area contributed by atoms with Crippen LogP contribution >= 0.6 is 0 Å². The van der Waals surface area contributed by atoms with E-state index in [0.29, 0.717) is 5.92 Å². The predicted octanol–water partition coefficient (Wildman–Crippen LogP) is 6.48. The Balaban J connectivity index is 1.94. The average molecular weight is 315 g/mol. The van der Waals surface area contributed by atoms with Crippen LogP contribution in [-0.4, -0.2) is 7.05 Å². The van der Waals surface area contributed by atoms with Crippen LogP contribution in [0.15, 0.2) is 71.1 Å². The first kappa shape index (κ1) is 14.8. The Hall–Kier alpha value is -2.74. The highest BCUT2D eigenvalue weighted by Crippen LogP contribution is 2.38. The molecule has 1 heterocycles. The molecule has 0 aliphatic heterocycles. The largest absolute Gasteiger partial charge is 0.454 e. The van der Waals surface area contributed by atoms with Gasteiger partial charge in [0.1, 0.15) is 5.58 Å². The highest BCUT2D eigenvalue weighted by atomic mass is 16.3. The first-order valence-electron chi connectivity index (χ1n) is 8.39. The fourth-order valence-electron chi connectivity index (χ4n) is 3.41. The number of para-hydroxylation sites is 3. The SMILES string of the molecule is CC(C)c1ccccc1N(C)c1cccc2c1oc1ccccc12. The second-order valence-electron chi connectivity index (χ2n) is 6.52. The van der Waals surface area contributed by atoms with Gasteiger partial charge >= 0.3 is 0 Å². The van der Waals surface area contributed by atoms with Gasteiger partial charge in [-0.15, -0.1) is 0 Å². The van der Waals surface area contributed by atoms with Gasteiger partial charge in [0.2, 0.25) is 0 Å². The molecule has 24 heavy (non-hydrogen) atoms. The molecule has 0 radical (unpaired) electrons. The summed E-state index contributed by atoms with van der Waals surface area (Å²) in [6.45, 7) is 4.46. The first-order chi connectivity index (χ1) is 11.7. The van der Waals surface area contributed by atoms with Crippen LogP contribution in [-0.2, 0) is 0 Å². The van der Waals surface area contributed by atoms with Gasteiger partial charge < -0.3 is 9.32 Å². The van der Waals surface area contributed by atoms with Crippen molar-refractivity contribution in [1.29, 1.82) is 0 Å². The van der Waals surface area contributed by atoms with Crippen molar-refractivity contribution in [2.45, 2.75) is 19.8 Å². The summed E-state index contributed by atoms with van der Waals surface area (Å²) in [5.41, 5.74) is 5.54. The van der Waals surface area contributed by atoms with Crippen molar-refractivity contribution in [1.82, 2.24) is 0 Å². The maximum atomic E-state index is 6.18. The van der Waals surface area contributed by atoms with Gasteiger partial charge in [0.15, 0.2) is 5.58 Å². The van der Waals surface area contributed by atoms with Crippen LogP contribution in [0.5, 0.6) is 0 Å². The van der Waals surface area contributed by atoms with Crippen molar-refractivity contribution in [2.75, 3.05) is 11.9 Å². The van der Waals surface area contributed by atoms with E-state index in [1.807, 2.05) is 12.1 Å². The lowest BCUT2D eigenvalue weighted by Crippen LogP contribution is -2.12. The molecule has 0 N–H and O–H groups in total. The highest BCUT2D eigenvalue weighted by molar-refractivity contribution is 6.09. The van der Waals surface area contributed by atoms with E-state index < -0.39 is 0 Å². The lowest BCUT2D eigenvalue weighted by molar-refractivity contribution is 0.668. The second kappa shape index (κ2) is 5.72. The number of benzene rings is 3. The standard InChI is InChI=1S/C22H21NO/c1-15(2)16-9-4-6-12-19(16)23(3)20-13-8-11-18-17-10-5-7-14-21(17)24-22(18)20/h4-15H,1-3H3. The fraction of sp³-hybridized carbons (Fsp3) is 0.182. The van der Waals surface area contributed by atoms with Crippen molar-refractivity contribution in [3.63, 3.8) is 0 Å². The maximum absolute atomic E-state index is 6.18. The van der Waals surface area contributed by atoms with Crippen molar-refractivity contribution in [3.8, 4) is 0 Å². The molecule has 0 spiro atoms. The van der Waals surface area contributed by atoms with Gasteiger partial charge in [-0.2, -0.15) is 0 Å². The number of fused-ring (bicyclic) bond motifs is 3. The van der Waals surface area contributed by atoms with E-state index in [4.69, 9.17) is 4.42 Å². The maximum Gasteiger partial charge on any atom is 0.159 e. The van der Waals surface area contributed by atoms with Crippen molar-refractivity contribution >= 4 is 33.3 Å². The summed E-state index contributed by atoms with van der Waals surface area (Å²) in [6, 6.07) is 23.2. The third-order valence-corrected chi connectivity index (χ3v) is 4.66. The molecule has 2 heteroatoms. The second-order valence-corrected chi connectivity index (χ2v) is 6.52. The van der Waals surface area contributed by atoms with Gasteiger partial charge in [-0.1, -0.05) is 62.4 Å².